The van der Waals surface area contributed by atoms with E-state index < -0.39 is 6.16 Å². The lowest BCUT2D eigenvalue weighted by atomic mass is 10.1. The van der Waals surface area contributed by atoms with E-state index >= 15 is 0 Å². The Morgan fingerprint density at radius 1 is 1.36 bits per heavy atom. The molecule has 138 valence electrons. The summed E-state index contributed by atoms with van der Waals surface area (Å²) in [6, 6.07) is 7.61. The number of hydrogen-bond donors (Lipinski definition) is 1. The fraction of sp³-hybridized carbons (Fsp3) is 0.471. The Hall–Kier alpha value is -2.12. The second-order valence-corrected chi connectivity index (χ2v) is 5.74. The standard InChI is InChI=1S/C17H21NO6.ClH/c1-21-17(20)24-16-10-18(9-7-13(16)19)8-6-12-11-22-14-4-2-3-5-15(14)23-12;/h2-5,12,19H,6-11H2,1H3;1H. The van der Waals surface area contributed by atoms with E-state index in [2.05, 4.69) is 9.64 Å². The molecule has 0 aromatic heterocycles. The number of nitrogens with zero attached hydrogens (tertiary/aromatic N) is 1. The predicted molar refractivity (Wildman–Crippen MR) is 92.4 cm³/mol. The molecule has 2 aliphatic rings. The maximum Gasteiger partial charge on any atom is 0.513 e. The van der Waals surface area contributed by atoms with Crippen molar-refractivity contribution in [3.8, 4) is 11.5 Å². The highest BCUT2D eigenvalue weighted by molar-refractivity contribution is 5.85. The molecule has 0 saturated carbocycles. The molecule has 0 aliphatic carbocycles. The van der Waals surface area contributed by atoms with E-state index in [0.29, 0.717) is 26.1 Å². The van der Waals surface area contributed by atoms with Crippen LogP contribution in [0.15, 0.2) is 35.8 Å². The minimum absolute atomic E-state index is 0. The Labute approximate surface area is 152 Å². The first-order chi connectivity index (χ1) is 11.7. The number of hydrogen-bond acceptors (Lipinski definition) is 7. The summed E-state index contributed by atoms with van der Waals surface area (Å²) in [6.45, 7) is 2.32. The van der Waals surface area contributed by atoms with E-state index in [1.54, 1.807) is 0 Å². The number of carbonyl (C=O) groups excluding carboxylic acids is 1. The van der Waals surface area contributed by atoms with Gasteiger partial charge in [0, 0.05) is 25.9 Å². The molecule has 25 heavy (non-hydrogen) atoms. The first-order valence-corrected chi connectivity index (χ1v) is 7.93. The van der Waals surface area contributed by atoms with Crippen molar-refractivity contribution in [2.24, 2.45) is 0 Å². The molecule has 1 unspecified atom stereocenters. The van der Waals surface area contributed by atoms with Gasteiger partial charge in [-0.1, -0.05) is 12.1 Å². The zero-order valence-electron chi connectivity index (χ0n) is 14.0. The molecule has 1 atom stereocenters. The van der Waals surface area contributed by atoms with Gasteiger partial charge in [-0.15, -0.1) is 12.4 Å². The van der Waals surface area contributed by atoms with Gasteiger partial charge >= 0.3 is 6.16 Å². The average Bonchev–Trinajstić information content (AvgIpc) is 2.62. The van der Waals surface area contributed by atoms with E-state index in [4.69, 9.17) is 14.2 Å². The molecule has 2 heterocycles. The fourth-order valence-electron chi connectivity index (χ4n) is 2.73. The lowest BCUT2D eigenvalue weighted by Crippen LogP contribution is -2.38. The normalized spacial score (nSPS) is 19.8. The second-order valence-electron chi connectivity index (χ2n) is 5.74. The van der Waals surface area contributed by atoms with Crippen LogP contribution in [0.1, 0.15) is 12.8 Å². The van der Waals surface area contributed by atoms with Crippen molar-refractivity contribution in [3.63, 3.8) is 0 Å². The highest BCUT2D eigenvalue weighted by Crippen LogP contribution is 2.31. The van der Waals surface area contributed by atoms with Crippen LogP contribution in [-0.4, -0.2) is 55.6 Å². The Morgan fingerprint density at radius 3 is 2.88 bits per heavy atom. The monoisotopic (exact) mass is 371 g/mol. The molecule has 3 rings (SSSR count). The first kappa shape index (κ1) is 19.2. The number of fused-ring (bicyclic) bond motifs is 1. The molecule has 8 heteroatoms. The zero-order valence-corrected chi connectivity index (χ0v) is 14.8. The molecule has 7 nitrogen and oxygen atoms in total. The largest absolute Gasteiger partial charge is 0.513 e. The van der Waals surface area contributed by atoms with E-state index in [1.807, 2.05) is 24.3 Å². The summed E-state index contributed by atoms with van der Waals surface area (Å²) in [7, 11) is 1.23. The smallest absolute Gasteiger partial charge is 0.509 e. The lowest BCUT2D eigenvalue weighted by molar-refractivity contribution is 0.0635. The minimum atomic E-state index is -0.820. The maximum atomic E-state index is 11.2. The van der Waals surface area contributed by atoms with Crippen LogP contribution in [0.25, 0.3) is 0 Å². The van der Waals surface area contributed by atoms with Crippen LogP contribution in [0.2, 0.25) is 0 Å². The Balaban J connectivity index is 0.00000225. The summed E-state index contributed by atoms with van der Waals surface area (Å²) in [5, 5.41) is 9.83. The predicted octanol–water partition coefficient (Wildman–Crippen LogP) is 2.90. The van der Waals surface area contributed by atoms with Crippen LogP contribution in [0.3, 0.4) is 0 Å². The third-order valence-electron chi connectivity index (χ3n) is 4.06. The SMILES string of the molecule is COC(=O)OC1=C(O)CCN(CCC2COc3ccccc3O2)C1.Cl. The van der Waals surface area contributed by atoms with Gasteiger partial charge < -0.3 is 24.1 Å². The Kier molecular flexibility index (Phi) is 6.78. The summed E-state index contributed by atoms with van der Waals surface area (Å²) in [5.74, 6) is 1.88. The summed E-state index contributed by atoms with van der Waals surface area (Å²) in [5.41, 5.74) is 0. The first-order valence-electron chi connectivity index (χ1n) is 7.93. The third kappa shape index (κ3) is 4.93. The molecule has 0 saturated heterocycles. The summed E-state index contributed by atoms with van der Waals surface area (Å²) < 4.78 is 21.1. The number of aliphatic hydroxyl groups is 1. The number of methoxy groups -OCH3 is 1. The van der Waals surface area contributed by atoms with Crippen molar-refractivity contribution in [2.75, 3.05) is 33.4 Å². The fourth-order valence-corrected chi connectivity index (χ4v) is 2.73. The number of carbonyl (C=O) groups is 1. The van der Waals surface area contributed by atoms with E-state index in [0.717, 1.165) is 24.5 Å². The molecular weight excluding hydrogens is 350 g/mol. The molecular formula is C17H22ClNO6. The molecule has 1 aromatic carbocycles. The van der Waals surface area contributed by atoms with Crippen molar-refractivity contribution < 1.29 is 28.8 Å². The Morgan fingerprint density at radius 2 is 2.12 bits per heavy atom. The van der Waals surface area contributed by atoms with E-state index in [1.165, 1.54) is 7.11 Å². The number of ether oxygens (including phenoxy) is 4. The zero-order chi connectivity index (χ0) is 16.9. The van der Waals surface area contributed by atoms with Gasteiger partial charge in [0.2, 0.25) is 0 Å². The summed E-state index contributed by atoms with van der Waals surface area (Å²) in [6.07, 6.45) is 0.376. The van der Waals surface area contributed by atoms with Crippen LogP contribution >= 0.6 is 12.4 Å². The van der Waals surface area contributed by atoms with Gasteiger partial charge in [-0.25, -0.2) is 4.79 Å². The van der Waals surface area contributed by atoms with Crippen molar-refractivity contribution in [1.29, 1.82) is 0 Å². The minimum Gasteiger partial charge on any atom is -0.509 e. The molecule has 0 spiro atoms. The molecule has 0 amide bonds. The van der Waals surface area contributed by atoms with Crippen molar-refractivity contribution in [3.05, 3.63) is 35.8 Å². The van der Waals surface area contributed by atoms with Gasteiger partial charge in [-0.2, -0.15) is 0 Å². The maximum absolute atomic E-state index is 11.2. The van der Waals surface area contributed by atoms with Crippen LogP contribution in [-0.2, 0) is 9.47 Å². The highest BCUT2D eigenvalue weighted by atomic mass is 35.5. The molecule has 2 aliphatic heterocycles. The van der Waals surface area contributed by atoms with Gasteiger partial charge in [0.15, 0.2) is 17.3 Å². The van der Waals surface area contributed by atoms with Gasteiger partial charge in [0.25, 0.3) is 0 Å². The second kappa shape index (κ2) is 8.82. The highest BCUT2D eigenvalue weighted by Gasteiger charge is 2.25. The molecule has 0 bridgehead atoms. The number of rotatable bonds is 4. The van der Waals surface area contributed by atoms with Gasteiger partial charge in [0.05, 0.1) is 13.7 Å². The third-order valence-corrected chi connectivity index (χ3v) is 4.06. The van der Waals surface area contributed by atoms with Crippen LogP contribution in [0.4, 0.5) is 4.79 Å². The number of para-hydroxylation sites is 2. The summed E-state index contributed by atoms with van der Waals surface area (Å²) in [4.78, 5) is 13.3. The number of halogens is 1. The lowest BCUT2D eigenvalue weighted by Gasteiger charge is -2.31. The van der Waals surface area contributed by atoms with Crippen LogP contribution < -0.4 is 9.47 Å². The number of benzene rings is 1. The topological polar surface area (TPSA) is 77.5 Å². The van der Waals surface area contributed by atoms with Gasteiger partial charge in [-0.3, -0.25) is 4.90 Å². The van der Waals surface area contributed by atoms with Gasteiger partial charge in [0.1, 0.15) is 18.5 Å². The van der Waals surface area contributed by atoms with Crippen LogP contribution in [0, 0.1) is 0 Å². The Bertz CT molecular complexity index is 635. The van der Waals surface area contributed by atoms with Crippen molar-refractivity contribution >= 4 is 18.6 Å². The van der Waals surface area contributed by atoms with E-state index in [9.17, 15) is 9.90 Å². The van der Waals surface area contributed by atoms with Crippen LogP contribution in [0.5, 0.6) is 11.5 Å². The number of aliphatic hydroxyl groups excluding tert-OH is 1. The summed E-state index contributed by atoms with van der Waals surface area (Å²) >= 11 is 0. The van der Waals surface area contributed by atoms with E-state index in [-0.39, 0.29) is 30.0 Å². The van der Waals surface area contributed by atoms with Crippen molar-refractivity contribution in [2.45, 2.75) is 18.9 Å². The molecule has 0 fully saturated rings. The van der Waals surface area contributed by atoms with Gasteiger partial charge in [-0.05, 0) is 12.1 Å². The quantitative estimate of drug-likeness (QED) is 0.815. The molecule has 1 N–H and O–H groups in total. The van der Waals surface area contributed by atoms with Crippen molar-refractivity contribution in [1.82, 2.24) is 4.90 Å². The molecule has 0 radical (unpaired) electrons. The molecule has 1 aromatic rings. The average molecular weight is 372 g/mol.